The van der Waals surface area contributed by atoms with Crippen molar-refractivity contribution in [2.24, 2.45) is 4.99 Å². The van der Waals surface area contributed by atoms with Crippen LogP contribution in [0.1, 0.15) is 36.5 Å². The van der Waals surface area contributed by atoms with E-state index in [9.17, 15) is 4.79 Å². The molecule has 1 fully saturated rings. The quantitative estimate of drug-likeness (QED) is 0.846. The Labute approximate surface area is 117 Å². The zero-order valence-electron chi connectivity index (χ0n) is 11.4. The molecule has 1 aliphatic carbocycles. The summed E-state index contributed by atoms with van der Waals surface area (Å²) < 4.78 is 0. The number of anilines is 1. The molecule has 3 heterocycles. The topological polar surface area (TPSA) is 57.6 Å². The van der Waals surface area contributed by atoms with Gasteiger partial charge in [0.15, 0.2) is 5.84 Å². The first-order valence-electron chi connectivity index (χ1n) is 7.06. The first-order chi connectivity index (χ1) is 9.75. The van der Waals surface area contributed by atoms with E-state index in [0.717, 1.165) is 43.2 Å². The van der Waals surface area contributed by atoms with E-state index >= 15 is 0 Å². The molecule has 20 heavy (non-hydrogen) atoms. The van der Waals surface area contributed by atoms with Gasteiger partial charge in [-0.3, -0.25) is 9.79 Å². The van der Waals surface area contributed by atoms with Gasteiger partial charge in [0.1, 0.15) is 5.82 Å². The number of hydrogen-bond donors (Lipinski definition) is 1. The highest BCUT2D eigenvalue weighted by Crippen LogP contribution is 2.36. The van der Waals surface area contributed by atoms with Crippen molar-refractivity contribution in [3.63, 3.8) is 0 Å². The lowest BCUT2D eigenvalue weighted by atomic mass is 10.1. The van der Waals surface area contributed by atoms with Gasteiger partial charge < -0.3 is 10.2 Å². The molecule has 0 unspecified atom stereocenters. The van der Waals surface area contributed by atoms with Crippen molar-refractivity contribution in [3.05, 3.63) is 35.2 Å². The lowest BCUT2D eigenvalue weighted by Crippen LogP contribution is -2.39. The molecule has 1 aromatic heterocycles. The van der Waals surface area contributed by atoms with Crippen LogP contribution >= 0.6 is 0 Å². The zero-order valence-corrected chi connectivity index (χ0v) is 11.4. The third kappa shape index (κ3) is 1.66. The van der Waals surface area contributed by atoms with Crippen molar-refractivity contribution < 1.29 is 4.79 Å². The van der Waals surface area contributed by atoms with Crippen LogP contribution in [-0.4, -0.2) is 29.3 Å². The van der Waals surface area contributed by atoms with E-state index < -0.39 is 0 Å². The van der Waals surface area contributed by atoms with Gasteiger partial charge in [0.2, 0.25) is 0 Å². The number of carbonyl (C=O) groups is 1. The molecule has 0 saturated heterocycles. The summed E-state index contributed by atoms with van der Waals surface area (Å²) >= 11 is 0. The first kappa shape index (κ1) is 11.6. The molecule has 5 nitrogen and oxygen atoms in total. The number of carbonyl (C=O) groups excluding carboxylic acids is 1. The summed E-state index contributed by atoms with van der Waals surface area (Å²) in [5.41, 5.74) is 2.71. The number of aliphatic imine (C=N–C) groups is 1. The smallest absolute Gasteiger partial charge is 0.259 e. The van der Waals surface area contributed by atoms with E-state index in [2.05, 4.69) is 27.1 Å². The van der Waals surface area contributed by atoms with Crippen LogP contribution in [0.15, 0.2) is 34.6 Å². The van der Waals surface area contributed by atoms with Crippen LogP contribution in [0.4, 0.5) is 5.82 Å². The second kappa shape index (κ2) is 4.16. The van der Waals surface area contributed by atoms with Crippen LogP contribution in [-0.2, 0) is 0 Å². The Morgan fingerprint density at radius 3 is 3.05 bits per heavy atom. The summed E-state index contributed by atoms with van der Waals surface area (Å²) in [5, 5.41) is 3.03. The van der Waals surface area contributed by atoms with E-state index in [0.29, 0.717) is 11.6 Å². The van der Waals surface area contributed by atoms with Crippen molar-refractivity contribution in [3.8, 4) is 0 Å². The highest BCUT2D eigenvalue weighted by atomic mass is 16.1. The van der Waals surface area contributed by atoms with Gasteiger partial charge in [0.05, 0.1) is 11.3 Å². The molecule has 1 amide bonds. The third-order valence-electron chi connectivity index (χ3n) is 4.04. The van der Waals surface area contributed by atoms with Gasteiger partial charge in [-0.25, -0.2) is 4.98 Å². The van der Waals surface area contributed by atoms with Gasteiger partial charge in [-0.1, -0.05) is 0 Å². The van der Waals surface area contributed by atoms with E-state index in [1.807, 2.05) is 12.1 Å². The molecule has 2 aliphatic heterocycles. The summed E-state index contributed by atoms with van der Waals surface area (Å²) in [6, 6.07) is 4.07. The molecule has 1 N–H and O–H groups in total. The van der Waals surface area contributed by atoms with Gasteiger partial charge in [-0.05, 0) is 43.9 Å². The monoisotopic (exact) mass is 268 g/mol. The van der Waals surface area contributed by atoms with Crippen LogP contribution in [0, 0.1) is 0 Å². The average molecular weight is 268 g/mol. The Kier molecular flexibility index (Phi) is 2.42. The Morgan fingerprint density at radius 1 is 1.40 bits per heavy atom. The molecule has 4 rings (SSSR count). The van der Waals surface area contributed by atoms with Crippen LogP contribution < -0.4 is 10.2 Å². The molecule has 0 bridgehead atoms. The molecule has 0 radical (unpaired) electrons. The maximum absolute atomic E-state index is 12.4. The lowest BCUT2D eigenvalue weighted by Gasteiger charge is -2.27. The van der Waals surface area contributed by atoms with Gasteiger partial charge in [0, 0.05) is 18.8 Å². The summed E-state index contributed by atoms with van der Waals surface area (Å²) in [6.45, 7) is 2.85. The molecule has 5 heteroatoms. The molecule has 0 spiro atoms. The summed E-state index contributed by atoms with van der Waals surface area (Å²) in [5.74, 6) is 1.55. The summed E-state index contributed by atoms with van der Waals surface area (Å²) in [6.07, 6.45) is 4.92. The van der Waals surface area contributed by atoms with Crippen molar-refractivity contribution in [2.45, 2.75) is 32.2 Å². The zero-order chi connectivity index (χ0) is 13.7. The fraction of sp³-hybridized carbons (Fsp3) is 0.400. The molecule has 3 aliphatic rings. The van der Waals surface area contributed by atoms with Gasteiger partial charge in [-0.15, -0.1) is 0 Å². The Hall–Kier alpha value is -2.17. The SMILES string of the molecule is CC1=C2NC(=O)c3cccnc3N(C3CC3)C2=NCC1. The molecule has 0 atom stereocenters. The van der Waals surface area contributed by atoms with Crippen molar-refractivity contribution in [1.29, 1.82) is 0 Å². The Morgan fingerprint density at radius 2 is 2.25 bits per heavy atom. The molecule has 102 valence electrons. The number of dihydropyridines is 1. The molecule has 1 aromatic rings. The minimum atomic E-state index is -0.0831. The van der Waals surface area contributed by atoms with E-state index in [1.54, 1.807) is 6.20 Å². The predicted octanol–water partition coefficient (Wildman–Crippen LogP) is 1.87. The number of amidine groups is 1. The highest BCUT2D eigenvalue weighted by Gasteiger charge is 2.40. The number of rotatable bonds is 1. The maximum Gasteiger partial charge on any atom is 0.259 e. The van der Waals surface area contributed by atoms with E-state index in [4.69, 9.17) is 0 Å². The second-order valence-corrected chi connectivity index (χ2v) is 5.54. The van der Waals surface area contributed by atoms with Crippen molar-refractivity contribution in [1.82, 2.24) is 10.3 Å². The fourth-order valence-electron chi connectivity index (χ4n) is 2.81. The first-order valence-corrected chi connectivity index (χ1v) is 7.06. The molecule has 0 aromatic carbocycles. The number of aromatic nitrogens is 1. The maximum atomic E-state index is 12.4. The predicted molar refractivity (Wildman–Crippen MR) is 76.8 cm³/mol. The van der Waals surface area contributed by atoms with Gasteiger partial charge >= 0.3 is 0 Å². The number of nitrogens with zero attached hydrogens (tertiary/aromatic N) is 3. The fourth-order valence-corrected chi connectivity index (χ4v) is 2.81. The molecular formula is C15H16N4O. The lowest BCUT2D eigenvalue weighted by molar-refractivity contribution is 0.0968. The average Bonchev–Trinajstić information content (AvgIpc) is 3.27. The van der Waals surface area contributed by atoms with Gasteiger partial charge in [-0.2, -0.15) is 0 Å². The molecular weight excluding hydrogens is 252 g/mol. The number of hydrogen-bond acceptors (Lipinski definition) is 4. The van der Waals surface area contributed by atoms with Crippen LogP contribution in [0.25, 0.3) is 0 Å². The van der Waals surface area contributed by atoms with Crippen LogP contribution in [0.3, 0.4) is 0 Å². The minimum Gasteiger partial charge on any atom is -0.319 e. The van der Waals surface area contributed by atoms with Crippen LogP contribution in [0.5, 0.6) is 0 Å². The minimum absolute atomic E-state index is 0.0831. The third-order valence-corrected chi connectivity index (χ3v) is 4.04. The molecule has 1 saturated carbocycles. The number of nitrogens with one attached hydrogen (secondary N) is 1. The largest absolute Gasteiger partial charge is 0.319 e. The van der Waals surface area contributed by atoms with Gasteiger partial charge in [0.25, 0.3) is 5.91 Å². The summed E-state index contributed by atoms with van der Waals surface area (Å²) in [7, 11) is 0. The van der Waals surface area contributed by atoms with E-state index in [1.165, 1.54) is 5.57 Å². The second-order valence-electron chi connectivity index (χ2n) is 5.54. The Balaban J connectivity index is 1.94. The Bertz CT molecular complexity index is 658. The van der Waals surface area contributed by atoms with Crippen LogP contribution in [0.2, 0.25) is 0 Å². The number of fused-ring (bicyclic) bond motifs is 2. The highest BCUT2D eigenvalue weighted by molar-refractivity contribution is 6.18. The van der Waals surface area contributed by atoms with Crippen molar-refractivity contribution in [2.75, 3.05) is 11.4 Å². The number of amides is 1. The normalized spacial score (nSPS) is 21.8. The van der Waals surface area contributed by atoms with E-state index in [-0.39, 0.29) is 5.91 Å². The number of pyridine rings is 1. The summed E-state index contributed by atoms with van der Waals surface area (Å²) in [4.78, 5) is 23.7. The van der Waals surface area contributed by atoms with Crippen molar-refractivity contribution >= 4 is 17.6 Å². The standard InChI is InChI=1S/C15H16N4O/c1-9-6-8-17-14-12(9)18-15(20)11-3-2-7-16-13(11)19(14)10-4-5-10/h2-3,7,10H,4-6,8H2,1H3,(H,18,20).